The van der Waals surface area contributed by atoms with Gasteiger partial charge < -0.3 is 9.42 Å². The van der Waals surface area contributed by atoms with Crippen molar-refractivity contribution in [1.82, 2.24) is 19.9 Å². The average Bonchev–Trinajstić information content (AvgIpc) is 3.04. The number of carbonyl (C=O) groups is 1. The molecule has 0 atom stereocenters. The Hall–Kier alpha value is -1.92. The van der Waals surface area contributed by atoms with Crippen LogP contribution in [0.4, 0.5) is 0 Å². The average molecular weight is 349 g/mol. The molecule has 0 saturated carbocycles. The predicted octanol–water partition coefficient (Wildman–Crippen LogP) is 2.80. The molecular weight excluding hydrogens is 328 g/mol. The van der Waals surface area contributed by atoms with Crippen LogP contribution in [0.3, 0.4) is 0 Å². The number of piperazine rings is 1. The van der Waals surface area contributed by atoms with E-state index >= 15 is 0 Å². The SMILES string of the molecule is CC(C)c1noc(CN2CCN(C(=O)c3ccccc3Cl)CC2)n1. The summed E-state index contributed by atoms with van der Waals surface area (Å²) >= 11 is 6.12. The highest BCUT2D eigenvalue weighted by atomic mass is 35.5. The van der Waals surface area contributed by atoms with Crippen LogP contribution in [0.5, 0.6) is 0 Å². The highest BCUT2D eigenvalue weighted by Gasteiger charge is 2.24. The van der Waals surface area contributed by atoms with E-state index in [9.17, 15) is 4.79 Å². The van der Waals surface area contributed by atoms with Gasteiger partial charge in [-0.2, -0.15) is 4.98 Å². The number of nitrogens with zero attached hydrogens (tertiary/aromatic N) is 4. The van der Waals surface area contributed by atoms with Gasteiger partial charge in [-0.15, -0.1) is 0 Å². The zero-order valence-electron chi connectivity index (χ0n) is 13.9. The summed E-state index contributed by atoms with van der Waals surface area (Å²) in [7, 11) is 0. The monoisotopic (exact) mass is 348 g/mol. The van der Waals surface area contributed by atoms with Crippen molar-refractivity contribution in [3.05, 3.63) is 46.6 Å². The Bertz CT molecular complexity index is 708. The maximum atomic E-state index is 12.5. The second-order valence-electron chi connectivity index (χ2n) is 6.25. The lowest BCUT2D eigenvalue weighted by atomic mass is 10.2. The Morgan fingerprint density at radius 3 is 2.58 bits per heavy atom. The zero-order chi connectivity index (χ0) is 17.1. The fourth-order valence-corrected chi connectivity index (χ4v) is 2.89. The standard InChI is InChI=1S/C17H21ClN4O2/c1-12(2)16-19-15(24-20-16)11-21-7-9-22(10-8-21)17(23)13-5-3-4-6-14(13)18/h3-6,12H,7-11H2,1-2H3. The van der Waals surface area contributed by atoms with Gasteiger partial charge >= 0.3 is 0 Å². The first kappa shape index (κ1) is 16.9. The van der Waals surface area contributed by atoms with Crippen molar-refractivity contribution in [2.75, 3.05) is 26.2 Å². The molecule has 1 saturated heterocycles. The molecule has 2 heterocycles. The van der Waals surface area contributed by atoms with Gasteiger partial charge in [0.05, 0.1) is 17.1 Å². The molecule has 0 radical (unpaired) electrons. The maximum absolute atomic E-state index is 12.5. The molecule has 24 heavy (non-hydrogen) atoms. The Morgan fingerprint density at radius 2 is 1.96 bits per heavy atom. The van der Waals surface area contributed by atoms with Crippen molar-refractivity contribution in [2.45, 2.75) is 26.3 Å². The number of benzene rings is 1. The molecule has 128 valence electrons. The first-order chi connectivity index (χ1) is 11.5. The van der Waals surface area contributed by atoms with Crippen LogP contribution in [0.25, 0.3) is 0 Å². The van der Waals surface area contributed by atoms with Crippen LogP contribution in [0, 0.1) is 0 Å². The maximum Gasteiger partial charge on any atom is 0.255 e. The number of aromatic nitrogens is 2. The molecule has 6 nitrogen and oxygen atoms in total. The third-order valence-electron chi connectivity index (χ3n) is 4.12. The van der Waals surface area contributed by atoms with Gasteiger partial charge in [0.25, 0.3) is 5.91 Å². The van der Waals surface area contributed by atoms with Gasteiger partial charge in [0.2, 0.25) is 5.89 Å². The number of amides is 1. The van der Waals surface area contributed by atoms with E-state index in [4.69, 9.17) is 16.1 Å². The fourth-order valence-electron chi connectivity index (χ4n) is 2.67. The topological polar surface area (TPSA) is 62.5 Å². The van der Waals surface area contributed by atoms with Crippen LogP contribution < -0.4 is 0 Å². The Balaban J connectivity index is 1.55. The molecule has 0 N–H and O–H groups in total. The van der Waals surface area contributed by atoms with E-state index in [0.717, 1.165) is 18.9 Å². The summed E-state index contributed by atoms with van der Waals surface area (Å²) in [5, 5.41) is 4.48. The molecule has 1 fully saturated rings. The minimum Gasteiger partial charge on any atom is -0.338 e. The van der Waals surface area contributed by atoms with E-state index in [2.05, 4.69) is 15.0 Å². The molecule has 0 unspecified atom stereocenters. The Morgan fingerprint density at radius 1 is 1.25 bits per heavy atom. The van der Waals surface area contributed by atoms with E-state index in [1.54, 1.807) is 12.1 Å². The lowest BCUT2D eigenvalue weighted by Gasteiger charge is -2.34. The highest BCUT2D eigenvalue weighted by Crippen LogP contribution is 2.18. The van der Waals surface area contributed by atoms with Crippen molar-refractivity contribution in [3.8, 4) is 0 Å². The van der Waals surface area contributed by atoms with E-state index in [1.807, 2.05) is 30.9 Å². The Labute approximate surface area is 146 Å². The van der Waals surface area contributed by atoms with Gasteiger partial charge in [0, 0.05) is 32.1 Å². The summed E-state index contributed by atoms with van der Waals surface area (Å²) < 4.78 is 5.29. The van der Waals surface area contributed by atoms with Crippen LogP contribution in [-0.2, 0) is 6.54 Å². The van der Waals surface area contributed by atoms with Crippen molar-refractivity contribution >= 4 is 17.5 Å². The summed E-state index contributed by atoms with van der Waals surface area (Å²) in [6.45, 7) is 7.56. The summed E-state index contributed by atoms with van der Waals surface area (Å²) in [5.74, 6) is 1.61. The van der Waals surface area contributed by atoms with Gasteiger partial charge in [-0.25, -0.2) is 0 Å². The van der Waals surface area contributed by atoms with Crippen LogP contribution in [-0.4, -0.2) is 52.0 Å². The predicted molar refractivity (Wildman–Crippen MR) is 91.0 cm³/mol. The van der Waals surface area contributed by atoms with E-state index in [0.29, 0.717) is 36.1 Å². The normalized spacial score (nSPS) is 15.9. The number of rotatable bonds is 4. The third kappa shape index (κ3) is 3.76. The van der Waals surface area contributed by atoms with Gasteiger partial charge in [-0.1, -0.05) is 42.7 Å². The summed E-state index contributed by atoms with van der Waals surface area (Å²) in [4.78, 5) is 21.0. The summed E-state index contributed by atoms with van der Waals surface area (Å²) in [6.07, 6.45) is 0. The van der Waals surface area contributed by atoms with Gasteiger partial charge in [0.1, 0.15) is 0 Å². The molecule has 1 aromatic carbocycles. The quantitative estimate of drug-likeness (QED) is 0.850. The first-order valence-corrected chi connectivity index (χ1v) is 8.51. The first-order valence-electron chi connectivity index (χ1n) is 8.13. The van der Waals surface area contributed by atoms with Crippen LogP contribution in [0.1, 0.15) is 41.8 Å². The smallest absolute Gasteiger partial charge is 0.255 e. The number of hydrogen-bond donors (Lipinski definition) is 0. The molecule has 1 aliphatic rings. The van der Waals surface area contributed by atoms with Gasteiger partial charge in [-0.05, 0) is 12.1 Å². The van der Waals surface area contributed by atoms with E-state index in [1.165, 1.54) is 0 Å². The van der Waals surface area contributed by atoms with Crippen LogP contribution in [0.2, 0.25) is 5.02 Å². The van der Waals surface area contributed by atoms with Crippen molar-refractivity contribution < 1.29 is 9.32 Å². The molecule has 0 bridgehead atoms. The van der Waals surface area contributed by atoms with Gasteiger partial charge in [0.15, 0.2) is 5.82 Å². The second-order valence-corrected chi connectivity index (χ2v) is 6.66. The third-order valence-corrected chi connectivity index (χ3v) is 4.45. The number of hydrogen-bond acceptors (Lipinski definition) is 5. The molecule has 1 aliphatic heterocycles. The van der Waals surface area contributed by atoms with Crippen molar-refractivity contribution in [3.63, 3.8) is 0 Å². The lowest BCUT2D eigenvalue weighted by Crippen LogP contribution is -2.48. The Kier molecular flexibility index (Phi) is 5.16. The van der Waals surface area contributed by atoms with Crippen LogP contribution in [0.15, 0.2) is 28.8 Å². The molecule has 0 spiro atoms. The lowest BCUT2D eigenvalue weighted by molar-refractivity contribution is 0.0615. The zero-order valence-corrected chi connectivity index (χ0v) is 14.7. The summed E-state index contributed by atoms with van der Waals surface area (Å²) in [5.41, 5.74) is 0.561. The van der Waals surface area contributed by atoms with Crippen LogP contribution >= 0.6 is 11.6 Å². The minimum absolute atomic E-state index is 0.0138. The second kappa shape index (κ2) is 7.32. The minimum atomic E-state index is -0.0138. The number of halogens is 1. The molecule has 1 aromatic heterocycles. The highest BCUT2D eigenvalue weighted by molar-refractivity contribution is 6.33. The number of carbonyl (C=O) groups excluding carboxylic acids is 1. The molecule has 0 aliphatic carbocycles. The summed E-state index contributed by atoms with van der Waals surface area (Å²) in [6, 6.07) is 7.17. The fraction of sp³-hybridized carbons (Fsp3) is 0.471. The molecule has 1 amide bonds. The molecule has 2 aromatic rings. The largest absolute Gasteiger partial charge is 0.338 e. The van der Waals surface area contributed by atoms with E-state index in [-0.39, 0.29) is 11.8 Å². The van der Waals surface area contributed by atoms with E-state index < -0.39 is 0 Å². The van der Waals surface area contributed by atoms with Crippen molar-refractivity contribution in [1.29, 1.82) is 0 Å². The van der Waals surface area contributed by atoms with Gasteiger partial charge in [-0.3, -0.25) is 9.69 Å². The molecule has 7 heteroatoms. The van der Waals surface area contributed by atoms with Crippen molar-refractivity contribution in [2.24, 2.45) is 0 Å². The molecular formula is C17H21ClN4O2. The molecule has 3 rings (SSSR count).